The normalized spacial score (nSPS) is 12.3. The highest BCUT2D eigenvalue weighted by Crippen LogP contribution is 2.24. The Bertz CT molecular complexity index is 550. The molecule has 2 aromatic rings. The molecule has 0 bridgehead atoms. The van der Waals surface area contributed by atoms with Crippen molar-refractivity contribution in [2.24, 2.45) is 0 Å². The van der Waals surface area contributed by atoms with Gasteiger partial charge in [-0.25, -0.2) is 4.98 Å². The molecule has 1 aromatic heterocycles. The molecule has 0 fully saturated rings. The molecule has 0 spiro atoms. The van der Waals surface area contributed by atoms with Crippen LogP contribution in [0, 0.1) is 0 Å². The zero-order chi connectivity index (χ0) is 15.1. The van der Waals surface area contributed by atoms with Crippen LogP contribution in [0.25, 0.3) is 0 Å². The molecule has 0 saturated heterocycles. The second-order valence-corrected chi connectivity index (χ2v) is 4.98. The van der Waals surface area contributed by atoms with Gasteiger partial charge in [-0.1, -0.05) is 26.0 Å². The minimum absolute atomic E-state index is 0.0927. The Labute approximate surface area is 127 Å². The Kier molecular flexibility index (Phi) is 5.81. The molecule has 1 atom stereocenters. The first-order valence-electron chi connectivity index (χ1n) is 7.77. The van der Waals surface area contributed by atoms with Crippen molar-refractivity contribution in [3.05, 3.63) is 48.0 Å². The molecule has 0 aliphatic heterocycles. The van der Waals surface area contributed by atoms with Crippen molar-refractivity contribution >= 4 is 0 Å². The first-order chi connectivity index (χ1) is 10.3. The Morgan fingerprint density at radius 2 is 2.14 bits per heavy atom. The van der Waals surface area contributed by atoms with Crippen LogP contribution in [0.3, 0.4) is 0 Å². The van der Waals surface area contributed by atoms with Crippen molar-refractivity contribution in [1.29, 1.82) is 0 Å². The van der Waals surface area contributed by atoms with Crippen LogP contribution in [0.4, 0.5) is 0 Å². The van der Waals surface area contributed by atoms with Crippen LogP contribution >= 0.6 is 0 Å². The highest BCUT2D eigenvalue weighted by Gasteiger charge is 2.18. The van der Waals surface area contributed by atoms with Gasteiger partial charge in [0.25, 0.3) is 0 Å². The van der Waals surface area contributed by atoms with Gasteiger partial charge < -0.3 is 14.6 Å². The molecule has 0 aliphatic rings. The van der Waals surface area contributed by atoms with E-state index < -0.39 is 0 Å². The molecule has 1 N–H and O–H groups in total. The minimum atomic E-state index is 0.0927. The van der Waals surface area contributed by atoms with E-state index in [9.17, 15) is 0 Å². The summed E-state index contributed by atoms with van der Waals surface area (Å²) in [5.74, 6) is 1.97. The summed E-state index contributed by atoms with van der Waals surface area (Å²) in [5.41, 5.74) is 1.19. The Hall–Kier alpha value is -1.81. The maximum absolute atomic E-state index is 5.74. The van der Waals surface area contributed by atoms with Gasteiger partial charge in [-0.3, -0.25) is 0 Å². The van der Waals surface area contributed by atoms with Crippen molar-refractivity contribution in [3.8, 4) is 5.75 Å². The van der Waals surface area contributed by atoms with E-state index in [0.717, 1.165) is 37.7 Å². The Morgan fingerprint density at radius 3 is 2.86 bits per heavy atom. The van der Waals surface area contributed by atoms with E-state index >= 15 is 0 Å². The van der Waals surface area contributed by atoms with Crippen LogP contribution < -0.4 is 10.1 Å². The molecule has 1 aromatic carbocycles. The summed E-state index contributed by atoms with van der Waals surface area (Å²) >= 11 is 0. The number of ether oxygens (including phenoxy) is 1. The summed E-state index contributed by atoms with van der Waals surface area (Å²) in [6, 6.07) is 8.38. The van der Waals surface area contributed by atoms with Gasteiger partial charge >= 0.3 is 0 Å². The first kappa shape index (κ1) is 15.6. The molecule has 0 radical (unpaired) electrons. The fourth-order valence-electron chi connectivity index (χ4n) is 2.41. The molecular weight excluding hydrogens is 262 g/mol. The third-order valence-electron chi connectivity index (χ3n) is 3.42. The van der Waals surface area contributed by atoms with E-state index in [1.165, 1.54) is 5.56 Å². The van der Waals surface area contributed by atoms with Crippen LogP contribution in [0.1, 0.15) is 44.6 Å². The third-order valence-corrected chi connectivity index (χ3v) is 3.42. The van der Waals surface area contributed by atoms with Gasteiger partial charge in [0.05, 0.1) is 12.6 Å². The summed E-state index contributed by atoms with van der Waals surface area (Å²) in [4.78, 5) is 4.53. The number of hydrogen-bond acceptors (Lipinski definition) is 3. The zero-order valence-electron chi connectivity index (χ0n) is 13.2. The number of benzene rings is 1. The minimum Gasteiger partial charge on any atom is -0.494 e. The van der Waals surface area contributed by atoms with Crippen LogP contribution in [-0.2, 0) is 6.54 Å². The summed E-state index contributed by atoms with van der Waals surface area (Å²) in [7, 11) is 0. The van der Waals surface area contributed by atoms with Crippen LogP contribution in [0.2, 0.25) is 0 Å². The molecule has 2 rings (SSSR count). The van der Waals surface area contributed by atoms with Gasteiger partial charge in [-0.2, -0.15) is 0 Å². The zero-order valence-corrected chi connectivity index (χ0v) is 13.2. The summed E-state index contributed by atoms with van der Waals surface area (Å²) in [6.07, 6.45) is 4.90. The van der Waals surface area contributed by atoms with E-state index in [0.29, 0.717) is 0 Å². The number of aromatic nitrogens is 2. The maximum atomic E-state index is 5.74. The number of nitrogens with one attached hydrogen (secondary N) is 1. The van der Waals surface area contributed by atoms with Crippen LogP contribution in [-0.4, -0.2) is 22.7 Å². The monoisotopic (exact) mass is 287 g/mol. The first-order valence-corrected chi connectivity index (χ1v) is 7.77. The standard InChI is InChI=1S/C17H25N3O/c1-4-12-21-15-9-7-8-14(13-15)16(18-5-2)17-19-10-11-20(17)6-3/h7-11,13,16,18H,4-6,12H2,1-3H3. The average Bonchev–Trinajstić information content (AvgIpc) is 2.99. The van der Waals surface area contributed by atoms with Gasteiger partial charge in [0.15, 0.2) is 0 Å². The molecular formula is C17H25N3O. The fourth-order valence-corrected chi connectivity index (χ4v) is 2.41. The van der Waals surface area contributed by atoms with Crippen molar-refractivity contribution in [1.82, 2.24) is 14.9 Å². The topological polar surface area (TPSA) is 39.1 Å². The van der Waals surface area contributed by atoms with Gasteiger partial charge in [0.2, 0.25) is 0 Å². The highest BCUT2D eigenvalue weighted by molar-refractivity contribution is 5.33. The van der Waals surface area contributed by atoms with E-state index in [4.69, 9.17) is 4.74 Å². The predicted octanol–water partition coefficient (Wildman–Crippen LogP) is 3.39. The van der Waals surface area contributed by atoms with Crippen molar-refractivity contribution in [2.75, 3.05) is 13.2 Å². The number of nitrogens with zero attached hydrogens (tertiary/aromatic N) is 2. The smallest absolute Gasteiger partial charge is 0.130 e. The van der Waals surface area contributed by atoms with Gasteiger partial charge in [0, 0.05) is 18.9 Å². The van der Waals surface area contributed by atoms with Gasteiger partial charge in [-0.15, -0.1) is 0 Å². The van der Waals surface area contributed by atoms with Gasteiger partial charge in [-0.05, 0) is 37.6 Å². The lowest BCUT2D eigenvalue weighted by atomic mass is 10.1. The fraction of sp³-hybridized carbons (Fsp3) is 0.471. The lowest BCUT2D eigenvalue weighted by molar-refractivity contribution is 0.317. The third kappa shape index (κ3) is 3.85. The van der Waals surface area contributed by atoms with Crippen molar-refractivity contribution in [3.63, 3.8) is 0 Å². The number of rotatable bonds is 8. The van der Waals surface area contributed by atoms with E-state index in [1.54, 1.807) is 0 Å². The summed E-state index contributed by atoms with van der Waals surface area (Å²) in [6.45, 7) is 8.92. The molecule has 1 heterocycles. The van der Waals surface area contributed by atoms with Crippen molar-refractivity contribution < 1.29 is 4.74 Å². The molecule has 0 aliphatic carbocycles. The Balaban J connectivity index is 2.29. The largest absolute Gasteiger partial charge is 0.494 e. The quantitative estimate of drug-likeness (QED) is 0.809. The summed E-state index contributed by atoms with van der Waals surface area (Å²) < 4.78 is 7.92. The van der Waals surface area contributed by atoms with Crippen LogP contribution in [0.15, 0.2) is 36.7 Å². The molecule has 0 saturated carbocycles. The Morgan fingerprint density at radius 1 is 1.29 bits per heavy atom. The molecule has 4 heteroatoms. The molecule has 114 valence electrons. The number of aryl methyl sites for hydroxylation is 1. The van der Waals surface area contributed by atoms with Gasteiger partial charge in [0.1, 0.15) is 11.6 Å². The summed E-state index contributed by atoms with van der Waals surface area (Å²) in [5, 5.41) is 3.52. The molecule has 4 nitrogen and oxygen atoms in total. The van der Waals surface area contributed by atoms with E-state index in [2.05, 4.69) is 47.8 Å². The second kappa shape index (κ2) is 7.84. The number of imidazole rings is 1. The van der Waals surface area contributed by atoms with E-state index in [1.807, 2.05) is 24.5 Å². The average molecular weight is 287 g/mol. The second-order valence-electron chi connectivity index (χ2n) is 4.98. The maximum Gasteiger partial charge on any atom is 0.130 e. The highest BCUT2D eigenvalue weighted by atomic mass is 16.5. The number of hydrogen-bond donors (Lipinski definition) is 1. The SMILES string of the molecule is CCCOc1cccc(C(NCC)c2nccn2CC)c1. The molecule has 21 heavy (non-hydrogen) atoms. The predicted molar refractivity (Wildman–Crippen MR) is 85.6 cm³/mol. The van der Waals surface area contributed by atoms with E-state index in [-0.39, 0.29) is 6.04 Å². The lowest BCUT2D eigenvalue weighted by Crippen LogP contribution is -2.25. The van der Waals surface area contributed by atoms with Crippen LogP contribution in [0.5, 0.6) is 5.75 Å². The molecule has 1 unspecified atom stereocenters. The molecule has 0 amide bonds. The van der Waals surface area contributed by atoms with Crippen molar-refractivity contribution in [2.45, 2.75) is 39.8 Å². The lowest BCUT2D eigenvalue weighted by Gasteiger charge is -2.20.